The third kappa shape index (κ3) is 10.8. The summed E-state index contributed by atoms with van der Waals surface area (Å²) < 4.78 is 0. The number of carbonyl (C=O) groups excluding carboxylic acids is 3. The van der Waals surface area contributed by atoms with Gasteiger partial charge in [-0.25, -0.2) is 0 Å². The van der Waals surface area contributed by atoms with Crippen molar-refractivity contribution in [3.8, 4) is 0 Å². The lowest BCUT2D eigenvalue weighted by Crippen LogP contribution is -2.46. The van der Waals surface area contributed by atoms with E-state index in [4.69, 9.17) is 5.11 Å². The van der Waals surface area contributed by atoms with E-state index in [0.29, 0.717) is 12.3 Å². The zero-order valence-electron chi connectivity index (χ0n) is 14.9. The molecule has 0 saturated heterocycles. The Morgan fingerprint density at radius 2 is 1.84 bits per heavy atom. The molecule has 25 heavy (non-hydrogen) atoms. The van der Waals surface area contributed by atoms with E-state index < -0.39 is 17.4 Å². The summed E-state index contributed by atoms with van der Waals surface area (Å²) in [5.74, 6) is -0.421. The predicted octanol–water partition coefficient (Wildman–Crippen LogP) is 0.380. The van der Waals surface area contributed by atoms with Crippen LogP contribution < -0.4 is 10.6 Å². The van der Waals surface area contributed by atoms with Crippen LogP contribution in [0.2, 0.25) is 0 Å². The molecule has 0 unspecified atom stereocenters. The quantitative estimate of drug-likeness (QED) is 0.237. The highest BCUT2D eigenvalue weighted by molar-refractivity contribution is 8.14. The van der Waals surface area contributed by atoms with E-state index in [-0.39, 0.29) is 30.6 Å². The molecule has 0 fully saturated rings. The van der Waals surface area contributed by atoms with Gasteiger partial charge in [0.2, 0.25) is 16.9 Å². The van der Waals surface area contributed by atoms with Crippen molar-refractivity contribution in [3.05, 3.63) is 24.3 Å². The van der Waals surface area contributed by atoms with E-state index in [0.717, 1.165) is 11.8 Å². The number of allylic oxidation sites excluding steroid dienone is 3. The molecule has 0 rings (SSSR count). The number of thioether (sulfide) groups is 1. The lowest BCUT2D eigenvalue weighted by atomic mass is 9.87. The van der Waals surface area contributed by atoms with Gasteiger partial charge < -0.3 is 20.8 Å². The van der Waals surface area contributed by atoms with Gasteiger partial charge in [0.25, 0.3) is 0 Å². The summed E-state index contributed by atoms with van der Waals surface area (Å²) in [7, 11) is 0. The molecule has 8 heteroatoms. The SMILES string of the molecule is C/C=C/C=C/C(=O)SCCNC(=O)CCNC(=O)[C@H](O)C(C)(C)CO. The number of carbonyl (C=O) groups is 3. The Morgan fingerprint density at radius 1 is 1.16 bits per heavy atom. The van der Waals surface area contributed by atoms with E-state index >= 15 is 0 Å². The van der Waals surface area contributed by atoms with Crippen LogP contribution in [0.1, 0.15) is 27.2 Å². The largest absolute Gasteiger partial charge is 0.396 e. The molecule has 0 aliphatic carbocycles. The smallest absolute Gasteiger partial charge is 0.249 e. The summed E-state index contributed by atoms with van der Waals surface area (Å²) >= 11 is 1.11. The average molecular weight is 372 g/mol. The molecular formula is C17H28N2O5S. The molecular weight excluding hydrogens is 344 g/mol. The van der Waals surface area contributed by atoms with Gasteiger partial charge in [-0.1, -0.05) is 43.8 Å². The topological polar surface area (TPSA) is 116 Å². The Balaban J connectivity index is 3.88. The van der Waals surface area contributed by atoms with Crippen molar-refractivity contribution in [1.29, 1.82) is 0 Å². The van der Waals surface area contributed by atoms with Crippen LogP contribution >= 0.6 is 11.8 Å². The van der Waals surface area contributed by atoms with Crippen molar-refractivity contribution in [2.24, 2.45) is 5.41 Å². The molecule has 4 N–H and O–H groups in total. The number of hydrogen-bond acceptors (Lipinski definition) is 6. The van der Waals surface area contributed by atoms with Crippen LogP contribution in [-0.2, 0) is 14.4 Å². The second-order valence-corrected chi connectivity index (χ2v) is 7.09. The Labute approximate surface area is 152 Å². The first-order chi connectivity index (χ1) is 11.7. The summed E-state index contributed by atoms with van der Waals surface area (Å²) in [6.07, 6.45) is 5.41. The van der Waals surface area contributed by atoms with Crippen LogP contribution in [0.15, 0.2) is 24.3 Å². The summed E-state index contributed by atoms with van der Waals surface area (Å²) in [6.45, 7) is 5.09. The molecule has 2 amide bonds. The maximum Gasteiger partial charge on any atom is 0.249 e. The number of hydrogen-bond donors (Lipinski definition) is 4. The number of aliphatic hydroxyl groups excluding tert-OH is 2. The van der Waals surface area contributed by atoms with Gasteiger partial charge in [-0.2, -0.15) is 0 Å². The number of amides is 2. The van der Waals surface area contributed by atoms with Crippen LogP contribution in [0.25, 0.3) is 0 Å². The molecule has 0 aliphatic rings. The first kappa shape index (κ1) is 23.4. The summed E-state index contributed by atoms with van der Waals surface area (Å²) in [6, 6.07) is 0. The molecule has 0 aliphatic heterocycles. The molecule has 0 aromatic rings. The van der Waals surface area contributed by atoms with Gasteiger partial charge in [-0.15, -0.1) is 0 Å². The van der Waals surface area contributed by atoms with Gasteiger partial charge in [-0.3, -0.25) is 14.4 Å². The Kier molecular flexibility index (Phi) is 11.9. The standard InChI is InChI=1S/C17H28N2O5S/c1-4-5-6-7-14(22)25-11-10-18-13(21)8-9-19-16(24)15(23)17(2,3)12-20/h4-7,15,20,23H,8-12H2,1-3H3,(H,18,21)(H,19,24)/b5-4+,7-6+/t15-/m0/s1. The maximum absolute atomic E-state index is 11.7. The minimum Gasteiger partial charge on any atom is -0.396 e. The summed E-state index contributed by atoms with van der Waals surface area (Å²) in [5, 5.41) is 23.9. The van der Waals surface area contributed by atoms with Crippen LogP contribution in [-0.4, -0.2) is 58.7 Å². The Morgan fingerprint density at radius 3 is 2.44 bits per heavy atom. The van der Waals surface area contributed by atoms with Crippen molar-refractivity contribution >= 4 is 28.7 Å². The fourth-order valence-electron chi connectivity index (χ4n) is 1.56. The molecule has 7 nitrogen and oxygen atoms in total. The molecule has 0 saturated carbocycles. The van der Waals surface area contributed by atoms with Crippen LogP contribution in [0.4, 0.5) is 0 Å². The molecule has 0 aromatic carbocycles. The van der Waals surface area contributed by atoms with Crippen molar-refractivity contribution in [1.82, 2.24) is 10.6 Å². The monoisotopic (exact) mass is 372 g/mol. The molecule has 0 heterocycles. The first-order valence-corrected chi connectivity index (χ1v) is 9.02. The second kappa shape index (κ2) is 12.7. The highest BCUT2D eigenvalue weighted by atomic mass is 32.2. The predicted molar refractivity (Wildman–Crippen MR) is 98.9 cm³/mol. The fraction of sp³-hybridized carbons (Fsp3) is 0.588. The third-order valence-electron chi connectivity index (χ3n) is 3.25. The lowest BCUT2D eigenvalue weighted by molar-refractivity contribution is -0.137. The van der Waals surface area contributed by atoms with Gasteiger partial charge in [0.05, 0.1) is 6.61 Å². The number of aliphatic hydroxyl groups is 2. The van der Waals surface area contributed by atoms with Crippen molar-refractivity contribution in [2.75, 3.05) is 25.4 Å². The maximum atomic E-state index is 11.7. The van der Waals surface area contributed by atoms with E-state index in [1.165, 1.54) is 6.08 Å². The van der Waals surface area contributed by atoms with Gasteiger partial charge in [-0.05, 0) is 13.0 Å². The van der Waals surface area contributed by atoms with Crippen molar-refractivity contribution < 1.29 is 24.6 Å². The van der Waals surface area contributed by atoms with E-state index in [2.05, 4.69) is 10.6 Å². The molecule has 0 aromatic heterocycles. The molecule has 0 spiro atoms. The third-order valence-corrected chi connectivity index (χ3v) is 4.08. The van der Waals surface area contributed by atoms with Crippen LogP contribution in [0, 0.1) is 5.41 Å². The molecule has 142 valence electrons. The van der Waals surface area contributed by atoms with Gasteiger partial charge in [0, 0.05) is 30.7 Å². The van der Waals surface area contributed by atoms with Gasteiger partial charge in [0.15, 0.2) is 0 Å². The lowest BCUT2D eigenvalue weighted by Gasteiger charge is -2.27. The minimum atomic E-state index is -1.35. The number of nitrogens with one attached hydrogen (secondary N) is 2. The highest BCUT2D eigenvalue weighted by Gasteiger charge is 2.32. The zero-order chi connectivity index (χ0) is 19.3. The molecule has 0 radical (unpaired) electrons. The van der Waals surface area contributed by atoms with E-state index in [9.17, 15) is 19.5 Å². The Bertz CT molecular complexity index is 503. The van der Waals surface area contributed by atoms with Gasteiger partial charge >= 0.3 is 0 Å². The summed E-state index contributed by atoms with van der Waals surface area (Å²) in [5.41, 5.74) is -0.947. The van der Waals surface area contributed by atoms with Gasteiger partial charge in [0.1, 0.15) is 6.10 Å². The summed E-state index contributed by atoms with van der Waals surface area (Å²) in [4.78, 5) is 34.8. The molecule has 0 bridgehead atoms. The molecule has 1 atom stereocenters. The van der Waals surface area contributed by atoms with E-state index in [1.54, 1.807) is 26.0 Å². The second-order valence-electron chi connectivity index (χ2n) is 5.99. The van der Waals surface area contributed by atoms with Crippen LogP contribution in [0.3, 0.4) is 0 Å². The Hall–Kier alpha value is -1.64. The number of rotatable bonds is 11. The van der Waals surface area contributed by atoms with Crippen molar-refractivity contribution in [3.63, 3.8) is 0 Å². The van der Waals surface area contributed by atoms with Crippen LogP contribution in [0.5, 0.6) is 0 Å². The normalized spacial score (nSPS) is 13.2. The average Bonchev–Trinajstić information content (AvgIpc) is 2.58. The first-order valence-electron chi connectivity index (χ1n) is 8.04. The van der Waals surface area contributed by atoms with Crippen molar-refractivity contribution in [2.45, 2.75) is 33.3 Å². The zero-order valence-corrected chi connectivity index (χ0v) is 15.8. The van der Waals surface area contributed by atoms with E-state index in [1.807, 2.05) is 13.0 Å². The minimum absolute atomic E-state index is 0.0673. The highest BCUT2D eigenvalue weighted by Crippen LogP contribution is 2.19. The fourth-order valence-corrected chi connectivity index (χ4v) is 2.14.